The molecule has 1 heterocycles. The SMILES string of the molecule is CCN=C(NC1CCCC(C)C1)NC1C2CCOC2C1(C)C. The number of aliphatic imine (C=N–C) groups is 1. The standard InChI is InChI=1S/C18H33N3O/c1-5-19-17(20-13-8-6-7-12(2)11-13)21-15-14-9-10-22-16(14)18(15,3)4/h12-16H,5-11H2,1-4H3,(H2,19,20,21). The lowest BCUT2D eigenvalue weighted by Crippen LogP contribution is -2.68. The molecule has 0 aromatic rings. The Bertz CT molecular complexity index is 421. The third-order valence-corrected chi connectivity index (χ3v) is 5.99. The highest BCUT2D eigenvalue weighted by Crippen LogP contribution is 2.52. The van der Waals surface area contributed by atoms with E-state index >= 15 is 0 Å². The smallest absolute Gasteiger partial charge is 0.191 e. The first-order valence-electron chi connectivity index (χ1n) is 9.21. The maximum absolute atomic E-state index is 5.90. The molecule has 22 heavy (non-hydrogen) atoms. The molecule has 1 aliphatic heterocycles. The van der Waals surface area contributed by atoms with E-state index in [4.69, 9.17) is 9.73 Å². The van der Waals surface area contributed by atoms with Crippen LogP contribution < -0.4 is 10.6 Å². The summed E-state index contributed by atoms with van der Waals surface area (Å²) in [5.41, 5.74) is 0.206. The van der Waals surface area contributed by atoms with Gasteiger partial charge < -0.3 is 15.4 Å². The number of hydrogen-bond donors (Lipinski definition) is 2. The largest absolute Gasteiger partial charge is 0.377 e. The Labute approximate surface area is 135 Å². The average molecular weight is 307 g/mol. The summed E-state index contributed by atoms with van der Waals surface area (Å²) in [7, 11) is 0. The molecule has 2 saturated carbocycles. The second-order valence-corrected chi connectivity index (χ2v) is 8.12. The molecule has 0 aromatic heterocycles. The summed E-state index contributed by atoms with van der Waals surface area (Å²) in [6, 6.07) is 1.07. The highest BCUT2D eigenvalue weighted by molar-refractivity contribution is 5.80. The van der Waals surface area contributed by atoms with Gasteiger partial charge >= 0.3 is 0 Å². The molecule has 4 nitrogen and oxygen atoms in total. The van der Waals surface area contributed by atoms with Crippen LogP contribution in [-0.2, 0) is 4.74 Å². The molecule has 3 fully saturated rings. The van der Waals surface area contributed by atoms with Crippen LogP contribution in [0.15, 0.2) is 4.99 Å². The van der Waals surface area contributed by atoms with E-state index in [1.807, 2.05) is 0 Å². The zero-order chi connectivity index (χ0) is 15.7. The van der Waals surface area contributed by atoms with Crippen molar-refractivity contribution in [3.05, 3.63) is 0 Å². The number of fused-ring (bicyclic) bond motifs is 1. The van der Waals surface area contributed by atoms with Gasteiger partial charge in [-0.15, -0.1) is 0 Å². The highest BCUT2D eigenvalue weighted by atomic mass is 16.5. The molecule has 5 atom stereocenters. The molecule has 0 spiro atoms. The fraction of sp³-hybridized carbons (Fsp3) is 0.944. The maximum atomic E-state index is 5.90. The summed E-state index contributed by atoms with van der Waals surface area (Å²) in [6.07, 6.45) is 6.88. The van der Waals surface area contributed by atoms with Crippen LogP contribution in [0, 0.1) is 17.3 Å². The molecule has 2 N–H and O–H groups in total. The lowest BCUT2D eigenvalue weighted by Gasteiger charge is -2.55. The highest BCUT2D eigenvalue weighted by Gasteiger charge is 2.59. The van der Waals surface area contributed by atoms with E-state index in [1.54, 1.807) is 0 Å². The van der Waals surface area contributed by atoms with Gasteiger partial charge in [0.15, 0.2) is 5.96 Å². The molecule has 4 heteroatoms. The van der Waals surface area contributed by atoms with E-state index in [1.165, 1.54) is 32.1 Å². The molecule has 3 rings (SSSR count). The number of guanidine groups is 1. The molecule has 0 radical (unpaired) electrons. The third-order valence-electron chi connectivity index (χ3n) is 5.99. The molecule has 5 unspecified atom stereocenters. The summed E-state index contributed by atoms with van der Waals surface area (Å²) in [6.45, 7) is 10.9. The van der Waals surface area contributed by atoms with Crippen molar-refractivity contribution in [3.63, 3.8) is 0 Å². The zero-order valence-electron chi connectivity index (χ0n) is 14.7. The van der Waals surface area contributed by atoms with Crippen molar-refractivity contribution >= 4 is 5.96 Å². The van der Waals surface area contributed by atoms with Crippen molar-refractivity contribution in [2.45, 2.75) is 78.0 Å². The van der Waals surface area contributed by atoms with Crippen LogP contribution in [0.5, 0.6) is 0 Å². The lowest BCUT2D eigenvalue weighted by molar-refractivity contribution is -0.106. The summed E-state index contributed by atoms with van der Waals surface area (Å²) in [5, 5.41) is 7.44. The number of rotatable bonds is 3. The van der Waals surface area contributed by atoms with E-state index < -0.39 is 0 Å². The predicted octanol–water partition coefficient (Wildman–Crippen LogP) is 2.93. The predicted molar refractivity (Wildman–Crippen MR) is 91.1 cm³/mol. The van der Waals surface area contributed by atoms with Crippen molar-refractivity contribution in [1.29, 1.82) is 0 Å². The molecule has 1 saturated heterocycles. The van der Waals surface area contributed by atoms with Crippen molar-refractivity contribution in [3.8, 4) is 0 Å². The van der Waals surface area contributed by atoms with E-state index in [2.05, 4.69) is 38.3 Å². The Morgan fingerprint density at radius 2 is 2.05 bits per heavy atom. The Balaban J connectivity index is 1.61. The molecule has 0 amide bonds. The maximum Gasteiger partial charge on any atom is 0.191 e. The lowest BCUT2D eigenvalue weighted by atomic mass is 9.57. The van der Waals surface area contributed by atoms with Crippen LogP contribution in [-0.4, -0.2) is 37.3 Å². The zero-order valence-corrected chi connectivity index (χ0v) is 14.7. The molecular weight excluding hydrogens is 274 g/mol. The van der Waals surface area contributed by atoms with Gasteiger partial charge in [0, 0.05) is 36.6 Å². The Hall–Kier alpha value is -0.770. The minimum atomic E-state index is 0.206. The average Bonchev–Trinajstić information content (AvgIpc) is 2.92. The van der Waals surface area contributed by atoms with Gasteiger partial charge in [0.1, 0.15) is 0 Å². The van der Waals surface area contributed by atoms with Gasteiger partial charge in [0.2, 0.25) is 0 Å². The first kappa shape index (κ1) is 16.1. The minimum absolute atomic E-state index is 0.206. The Kier molecular flexibility index (Phi) is 4.67. The third kappa shape index (κ3) is 2.99. The number of nitrogens with one attached hydrogen (secondary N) is 2. The molecule has 3 aliphatic rings. The number of ether oxygens (including phenoxy) is 1. The van der Waals surface area contributed by atoms with Crippen molar-refractivity contribution in [2.75, 3.05) is 13.2 Å². The molecule has 0 bridgehead atoms. The number of nitrogens with zero attached hydrogens (tertiary/aromatic N) is 1. The first-order chi connectivity index (χ1) is 10.5. The Morgan fingerprint density at radius 3 is 2.77 bits per heavy atom. The quantitative estimate of drug-likeness (QED) is 0.622. The first-order valence-corrected chi connectivity index (χ1v) is 9.21. The second kappa shape index (κ2) is 6.38. The molecule has 0 aromatic carbocycles. The van der Waals surface area contributed by atoms with Crippen molar-refractivity contribution < 1.29 is 4.74 Å². The molecular formula is C18H33N3O. The summed E-state index contributed by atoms with van der Waals surface area (Å²) in [5.74, 6) is 2.51. The van der Waals surface area contributed by atoms with Crippen LogP contribution in [0.4, 0.5) is 0 Å². The second-order valence-electron chi connectivity index (χ2n) is 8.12. The fourth-order valence-corrected chi connectivity index (χ4v) is 4.81. The van der Waals surface area contributed by atoms with Gasteiger partial charge in [-0.05, 0) is 32.1 Å². The summed E-state index contributed by atoms with van der Waals surface area (Å²) < 4.78 is 5.90. The van der Waals surface area contributed by atoms with E-state index in [0.717, 1.165) is 25.0 Å². The van der Waals surface area contributed by atoms with Gasteiger partial charge in [-0.3, -0.25) is 4.99 Å². The van der Waals surface area contributed by atoms with E-state index in [0.29, 0.717) is 24.1 Å². The van der Waals surface area contributed by atoms with Gasteiger partial charge in [-0.1, -0.05) is 33.6 Å². The van der Waals surface area contributed by atoms with E-state index in [-0.39, 0.29) is 5.41 Å². The molecule has 2 aliphatic carbocycles. The Morgan fingerprint density at radius 1 is 1.23 bits per heavy atom. The van der Waals surface area contributed by atoms with Crippen molar-refractivity contribution in [1.82, 2.24) is 10.6 Å². The summed E-state index contributed by atoms with van der Waals surface area (Å²) >= 11 is 0. The topological polar surface area (TPSA) is 45.7 Å². The molecule has 126 valence electrons. The van der Waals surface area contributed by atoms with Gasteiger partial charge in [-0.2, -0.15) is 0 Å². The van der Waals surface area contributed by atoms with E-state index in [9.17, 15) is 0 Å². The van der Waals surface area contributed by atoms with Gasteiger partial charge in [-0.25, -0.2) is 0 Å². The monoisotopic (exact) mass is 307 g/mol. The van der Waals surface area contributed by atoms with Gasteiger partial charge in [0.05, 0.1) is 6.10 Å². The van der Waals surface area contributed by atoms with Crippen LogP contribution in [0.25, 0.3) is 0 Å². The number of hydrogen-bond acceptors (Lipinski definition) is 2. The van der Waals surface area contributed by atoms with Crippen LogP contribution >= 0.6 is 0 Å². The minimum Gasteiger partial charge on any atom is -0.377 e. The summed E-state index contributed by atoms with van der Waals surface area (Å²) in [4.78, 5) is 4.70. The van der Waals surface area contributed by atoms with Crippen LogP contribution in [0.1, 0.15) is 59.8 Å². The normalized spacial score (nSPS) is 40.7. The van der Waals surface area contributed by atoms with Gasteiger partial charge in [0.25, 0.3) is 0 Å². The van der Waals surface area contributed by atoms with Crippen LogP contribution in [0.2, 0.25) is 0 Å². The fourth-order valence-electron chi connectivity index (χ4n) is 4.81. The van der Waals surface area contributed by atoms with Crippen LogP contribution in [0.3, 0.4) is 0 Å². The van der Waals surface area contributed by atoms with Crippen molar-refractivity contribution in [2.24, 2.45) is 22.2 Å².